The highest BCUT2D eigenvalue weighted by Gasteiger charge is 2.26. The minimum atomic E-state index is -0.500. The number of imidazole rings is 1. The van der Waals surface area contributed by atoms with E-state index in [1.165, 1.54) is 0 Å². The molecule has 0 atom stereocenters. The van der Waals surface area contributed by atoms with Crippen LogP contribution >= 0.6 is 39.1 Å². The lowest BCUT2D eigenvalue weighted by molar-refractivity contribution is 0.0517. The van der Waals surface area contributed by atoms with Gasteiger partial charge in [0.2, 0.25) is 0 Å². The second kappa shape index (κ2) is 9.26. The number of hydrogen-bond donors (Lipinski definition) is 0. The predicted octanol–water partition coefficient (Wildman–Crippen LogP) is 6.03. The van der Waals surface area contributed by atoms with Crippen molar-refractivity contribution in [3.8, 4) is 16.9 Å². The molecule has 0 unspecified atom stereocenters. The molecule has 0 N–H and O–H groups in total. The van der Waals surface area contributed by atoms with Crippen molar-refractivity contribution in [1.29, 1.82) is 0 Å². The lowest BCUT2D eigenvalue weighted by Crippen LogP contribution is -2.10. The standard InChI is InChI=1S/C22H17BrCl2N4O2/c1-2-31-22(30)20-17(12-28-10-9-26-13-28)21(14-3-6-16(24)7-4-14)29(27-20)19-8-5-15(23)11-18(19)25/h3-11,13H,2,12H2,1H3. The van der Waals surface area contributed by atoms with E-state index in [1.54, 1.807) is 42.3 Å². The molecular formula is C22H17BrCl2N4O2. The number of nitrogens with zero attached hydrogens (tertiary/aromatic N) is 4. The highest BCUT2D eigenvalue weighted by Crippen LogP contribution is 2.34. The summed E-state index contributed by atoms with van der Waals surface area (Å²) in [6.07, 6.45) is 5.19. The highest BCUT2D eigenvalue weighted by molar-refractivity contribution is 9.10. The van der Waals surface area contributed by atoms with Crippen LogP contribution in [-0.4, -0.2) is 31.9 Å². The molecule has 0 amide bonds. The smallest absolute Gasteiger partial charge is 0.359 e. The third-order valence-corrected chi connectivity index (χ3v) is 5.66. The zero-order valence-corrected chi connectivity index (χ0v) is 19.5. The molecule has 0 spiro atoms. The molecule has 4 rings (SSSR count). The molecule has 2 aromatic carbocycles. The van der Waals surface area contributed by atoms with E-state index < -0.39 is 5.97 Å². The van der Waals surface area contributed by atoms with Gasteiger partial charge in [-0.25, -0.2) is 14.5 Å². The van der Waals surface area contributed by atoms with Crippen molar-refractivity contribution in [2.45, 2.75) is 13.5 Å². The molecule has 0 aliphatic heterocycles. The molecule has 31 heavy (non-hydrogen) atoms. The zero-order chi connectivity index (χ0) is 22.0. The van der Waals surface area contributed by atoms with Gasteiger partial charge in [0.05, 0.1) is 35.9 Å². The molecule has 9 heteroatoms. The maximum Gasteiger partial charge on any atom is 0.359 e. The first-order chi connectivity index (χ1) is 15.0. The van der Waals surface area contributed by atoms with Gasteiger partial charge in [0.1, 0.15) is 0 Å². The summed E-state index contributed by atoms with van der Waals surface area (Å²) < 4.78 is 9.68. The molecule has 2 aromatic heterocycles. The van der Waals surface area contributed by atoms with Crippen molar-refractivity contribution in [2.24, 2.45) is 0 Å². The van der Waals surface area contributed by atoms with Gasteiger partial charge in [-0.1, -0.05) is 51.3 Å². The van der Waals surface area contributed by atoms with E-state index in [0.717, 1.165) is 15.7 Å². The Balaban J connectivity index is 2.00. The van der Waals surface area contributed by atoms with Crippen molar-refractivity contribution >= 4 is 45.1 Å². The summed E-state index contributed by atoms with van der Waals surface area (Å²) in [5.41, 5.74) is 3.11. The third kappa shape index (κ3) is 4.54. The van der Waals surface area contributed by atoms with Crippen molar-refractivity contribution in [3.05, 3.63) is 87.0 Å². The Morgan fingerprint density at radius 1 is 1.16 bits per heavy atom. The summed E-state index contributed by atoms with van der Waals surface area (Å²) >= 11 is 16.1. The van der Waals surface area contributed by atoms with Crippen LogP contribution < -0.4 is 0 Å². The van der Waals surface area contributed by atoms with Crippen molar-refractivity contribution < 1.29 is 9.53 Å². The predicted molar refractivity (Wildman–Crippen MR) is 124 cm³/mol. The molecule has 6 nitrogen and oxygen atoms in total. The van der Waals surface area contributed by atoms with Gasteiger partial charge in [-0.3, -0.25) is 0 Å². The average Bonchev–Trinajstić information content (AvgIpc) is 3.38. The molecule has 2 heterocycles. The van der Waals surface area contributed by atoms with Gasteiger partial charge in [-0.05, 0) is 37.3 Å². The van der Waals surface area contributed by atoms with E-state index in [-0.39, 0.29) is 12.3 Å². The Morgan fingerprint density at radius 3 is 2.58 bits per heavy atom. The first kappa shape index (κ1) is 21.6. The van der Waals surface area contributed by atoms with E-state index in [2.05, 4.69) is 26.0 Å². The van der Waals surface area contributed by atoms with Crippen molar-refractivity contribution in [2.75, 3.05) is 6.61 Å². The van der Waals surface area contributed by atoms with Crippen LogP contribution in [0.4, 0.5) is 0 Å². The number of ether oxygens (including phenoxy) is 1. The minimum Gasteiger partial charge on any atom is -0.461 e. The van der Waals surface area contributed by atoms with Gasteiger partial charge in [0, 0.05) is 33.0 Å². The van der Waals surface area contributed by atoms with Crippen LogP contribution in [-0.2, 0) is 11.3 Å². The average molecular weight is 520 g/mol. The maximum atomic E-state index is 12.8. The van der Waals surface area contributed by atoms with E-state index in [4.69, 9.17) is 27.9 Å². The summed E-state index contributed by atoms with van der Waals surface area (Å²) in [6, 6.07) is 12.8. The SMILES string of the molecule is CCOC(=O)c1nn(-c2ccc(Br)cc2Cl)c(-c2ccc(Cl)cc2)c1Cn1ccnc1. The summed E-state index contributed by atoms with van der Waals surface area (Å²) in [5.74, 6) is -0.500. The van der Waals surface area contributed by atoms with Crippen LogP contribution in [0.2, 0.25) is 10.0 Å². The minimum absolute atomic E-state index is 0.222. The van der Waals surface area contributed by atoms with Crippen LogP contribution in [0.5, 0.6) is 0 Å². The molecule has 0 aliphatic carbocycles. The van der Waals surface area contributed by atoms with Crippen LogP contribution in [0.1, 0.15) is 23.0 Å². The monoisotopic (exact) mass is 518 g/mol. The number of rotatable bonds is 6. The van der Waals surface area contributed by atoms with Crippen LogP contribution in [0.15, 0.2) is 65.7 Å². The fraction of sp³-hybridized carbons (Fsp3) is 0.136. The normalized spacial score (nSPS) is 11.0. The molecule has 158 valence electrons. The topological polar surface area (TPSA) is 61.9 Å². The van der Waals surface area contributed by atoms with E-state index >= 15 is 0 Å². The lowest BCUT2D eigenvalue weighted by atomic mass is 10.0. The summed E-state index contributed by atoms with van der Waals surface area (Å²) in [6.45, 7) is 2.38. The molecule has 0 aliphatic rings. The van der Waals surface area contributed by atoms with E-state index in [9.17, 15) is 4.79 Å². The largest absolute Gasteiger partial charge is 0.461 e. The number of carbonyl (C=O) groups excluding carboxylic acids is 1. The van der Waals surface area contributed by atoms with Gasteiger partial charge >= 0.3 is 5.97 Å². The number of halogens is 3. The Hall–Kier alpha value is -2.61. The highest BCUT2D eigenvalue weighted by atomic mass is 79.9. The Kier molecular flexibility index (Phi) is 6.46. The number of aromatic nitrogens is 4. The molecule has 0 saturated carbocycles. The van der Waals surface area contributed by atoms with Gasteiger partial charge in [0.15, 0.2) is 5.69 Å². The fourth-order valence-corrected chi connectivity index (χ4v) is 4.14. The Labute approximate surface area is 197 Å². The fourth-order valence-electron chi connectivity index (χ4n) is 3.26. The summed E-state index contributed by atoms with van der Waals surface area (Å²) in [5, 5.41) is 5.74. The lowest BCUT2D eigenvalue weighted by Gasteiger charge is -2.12. The van der Waals surface area contributed by atoms with Gasteiger partial charge in [-0.2, -0.15) is 5.10 Å². The summed E-state index contributed by atoms with van der Waals surface area (Å²) in [7, 11) is 0. The summed E-state index contributed by atoms with van der Waals surface area (Å²) in [4.78, 5) is 16.9. The molecule has 0 bridgehead atoms. The second-order valence-electron chi connectivity index (χ2n) is 6.65. The zero-order valence-electron chi connectivity index (χ0n) is 16.4. The van der Waals surface area contributed by atoms with Crippen LogP contribution in [0.3, 0.4) is 0 Å². The Bertz CT molecular complexity index is 1220. The van der Waals surface area contributed by atoms with Gasteiger partial charge in [0.25, 0.3) is 0 Å². The number of benzene rings is 2. The van der Waals surface area contributed by atoms with Crippen molar-refractivity contribution in [3.63, 3.8) is 0 Å². The van der Waals surface area contributed by atoms with Crippen molar-refractivity contribution in [1.82, 2.24) is 19.3 Å². The van der Waals surface area contributed by atoms with E-state index in [0.29, 0.717) is 27.8 Å². The molecular weight excluding hydrogens is 503 g/mol. The van der Waals surface area contributed by atoms with Crippen LogP contribution in [0, 0.1) is 0 Å². The quantitative estimate of drug-likeness (QED) is 0.292. The van der Waals surface area contributed by atoms with E-state index in [1.807, 2.05) is 35.0 Å². The molecule has 4 aromatic rings. The number of carbonyl (C=O) groups is 1. The molecule has 0 fully saturated rings. The van der Waals surface area contributed by atoms with Crippen LogP contribution in [0.25, 0.3) is 16.9 Å². The first-order valence-electron chi connectivity index (χ1n) is 9.44. The Morgan fingerprint density at radius 2 is 1.94 bits per heavy atom. The van der Waals surface area contributed by atoms with Gasteiger partial charge < -0.3 is 9.30 Å². The number of hydrogen-bond acceptors (Lipinski definition) is 4. The second-order valence-corrected chi connectivity index (χ2v) is 8.40. The number of esters is 1. The first-order valence-corrected chi connectivity index (χ1v) is 11.0. The maximum absolute atomic E-state index is 12.8. The third-order valence-electron chi connectivity index (χ3n) is 4.61. The van der Waals surface area contributed by atoms with Gasteiger partial charge in [-0.15, -0.1) is 0 Å². The molecule has 0 radical (unpaired) electrons. The molecule has 0 saturated heterocycles.